The minimum Gasteiger partial charge on any atom is -0.492 e. The van der Waals surface area contributed by atoms with Gasteiger partial charge in [0.25, 0.3) is 11.1 Å². The number of carbonyl (C=O) groups excluding carboxylic acids is 3. The molecule has 2 heterocycles. The van der Waals surface area contributed by atoms with Crippen LogP contribution >= 0.6 is 11.8 Å². The highest BCUT2D eigenvalue weighted by Gasteiger charge is 2.37. The first-order valence-electron chi connectivity index (χ1n) is 10.6. The lowest BCUT2D eigenvalue weighted by Crippen LogP contribution is -2.35. The number of fused-ring (bicyclic) bond motifs is 1. The van der Waals surface area contributed by atoms with Crippen LogP contribution in [0.3, 0.4) is 0 Å². The number of ether oxygens (including phenoxy) is 2. The maximum absolute atomic E-state index is 12.8. The van der Waals surface area contributed by atoms with Gasteiger partial charge in [-0.2, -0.15) is 0 Å². The zero-order valence-electron chi connectivity index (χ0n) is 18.4. The molecule has 1 aliphatic rings. The van der Waals surface area contributed by atoms with Crippen molar-refractivity contribution in [2.45, 2.75) is 26.5 Å². The van der Waals surface area contributed by atoms with Crippen molar-refractivity contribution in [2.24, 2.45) is 0 Å². The molecule has 8 heteroatoms. The van der Waals surface area contributed by atoms with Gasteiger partial charge in [0.2, 0.25) is 0 Å². The SMILES string of the molecule is CC(C)OC(=O)CN1C(=O)S/C(=C\c2cn(CCOc3ccccc3)c3ccccc23)C1=O. The van der Waals surface area contributed by atoms with Crippen LogP contribution in [0, 0.1) is 0 Å². The van der Waals surface area contributed by atoms with E-state index in [4.69, 9.17) is 9.47 Å². The van der Waals surface area contributed by atoms with E-state index >= 15 is 0 Å². The molecular formula is C25H24N2O5S. The van der Waals surface area contributed by atoms with E-state index in [0.29, 0.717) is 13.2 Å². The third-order valence-corrected chi connectivity index (χ3v) is 5.89. The quantitative estimate of drug-likeness (QED) is 0.355. The molecule has 4 rings (SSSR count). The molecule has 0 radical (unpaired) electrons. The summed E-state index contributed by atoms with van der Waals surface area (Å²) in [5.74, 6) is -0.294. The average molecular weight is 465 g/mol. The Kier molecular flexibility index (Phi) is 6.84. The van der Waals surface area contributed by atoms with Crippen LogP contribution in [0.4, 0.5) is 4.79 Å². The monoisotopic (exact) mass is 464 g/mol. The predicted octanol–water partition coefficient (Wildman–Crippen LogP) is 4.71. The molecule has 2 amide bonds. The molecule has 170 valence electrons. The Hall–Kier alpha value is -3.52. The number of nitrogens with zero attached hydrogens (tertiary/aromatic N) is 2. The number of hydrogen-bond donors (Lipinski definition) is 0. The van der Waals surface area contributed by atoms with Gasteiger partial charge in [0.1, 0.15) is 18.9 Å². The Balaban J connectivity index is 1.53. The fourth-order valence-electron chi connectivity index (χ4n) is 3.56. The second kappa shape index (κ2) is 9.95. The zero-order chi connectivity index (χ0) is 23.4. The van der Waals surface area contributed by atoms with E-state index in [2.05, 4.69) is 4.57 Å². The van der Waals surface area contributed by atoms with Crippen LogP contribution in [-0.4, -0.2) is 45.8 Å². The van der Waals surface area contributed by atoms with Crippen LogP contribution in [0.5, 0.6) is 5.75 Å². The summed E-state index contributed by atoms with van der Waals surface area (Å²) >= 11 is 0.827. The van der Waals surface area contributed by atoms with Crippen molar-refractivity contribution in [1.29, 1.82) is 0 Å². The van der Waals surface area contributed by atoms with Crippen LogP contribution in [0.15, 0.2) is 65.7 Å². The molecule has 1 aromatic heterocycles. The average Bonchev–Trinajstić information content (AvgIpc) is 3.26. The van der Waals surface area contributed by atoms with E-state index in [-0.39, 0.29) is 11.0 Å². The molecule has 0 aliphatic carbocycles. The summed E-state index contributed by atoms with van der Waals surface area (Å²) in [4.78, 5) is 38.3. The Morgan fingerprint density at radius 3 is 2.55 bits per heavy atom. The van der Waals surface area contributed by atoms with Crippen molar-refractivity contribution in [3.05, 3.63) is 71.3 Å². The number of para-hydroxylation sites is 2. The summed E-state index contributed by atoms with van der Waals surface area (Å²) in [6.07, 6.45) is 3.33. The van der Waals surface area contributed by atoms with E-state index in [1.165, 1.54) is 0 Å². The molecule has 33 heavy (non-hydrogen) atoms. The van der Waals surface area contributed by atoms with Crippen LogP contribution in [0.25, 0.3) is 17.0 Å². The normalized spacial score (nSPS) is 15.1. The summed E-state index contributed by atoms with van der Waals surface area (Å²) < 4.78 is 12.9. The van der Waals surface area contributed by atoms with E-state index in [1.54, 1.807) is 19.9 Å². The Morgan fingerprint density at radius 2 is 1.79 bits per heavy atom. The molecule has 1 saturated heterocycles. The number of aromatic nitrogens is 1. The largest absolute Gasteiger partial charge is 0.492 e. The number of esters is 1. The summed E-state index contributed by atoms with van der Waals surface area (Å²) in [5, 5.41) is 0.482. The van der Waals surface area contributed by atoms with E-state index in [0.717, 1.165) is 38.9 Å². The number of imide groups is 1. The molecule has 0 unspecified atom stereocenters. The molecule has 3 aromatic rings. The van der Waals surface area contributed by atoms with Crippen LogP contribution in [-0.2, 0) is 20.9 Å². The lowest BCUT2D eigenvalue weighted by atomic mass is 10.1. The third kappa shape index (κ3) is 5.28. The van der Waals surface area contributed by atoms with Gasteiger partial charge < -0.3 is 14.0 Å². The molecule has 1 fully saturated rings. The first kappa shape index (κ1) is 22.7. The lowest BCUT2D eigenvalue weighted by molar-refractivity contribution is -0.149. The Morgan fingerprint density at radius 1 is 1.06 bits per heavy atom. The maximum Gasteiger partial charge on any atom is 0.326 e. The number of carbonyl (C=O) groups is 3. The van der Waals surface area contributed by atoms with Crippen molar-refractivity contribution >= 4 is 45.9 Å². The van der Waals surface area contributed by atoms with E-state index < -0.39 is 23.7 Å². The topological polar surface area (TPSA) is 77.8 Å². The fraction of sp³-hybridized carbons (Fsp3) is 0.240. The van der Waals surface area contributed by atoms with Gasteiger partial charge in [0.05, 0.1) is 17.6 Å². The van der Waals surface area contributed by atoms with Gasteiger partial charge >= 0.3 is 5.97 Å². The number of benzene rings is 2. The number of hydrogen-bond acceptors (Lipinski definition) is 6. The highest BCUT2D eigenvalue weighted by molar-refractivity contribution is 8.18. The highest BCUT2D eigenvalue weighted by Crippen LogP contribution is 2.34. The summed E-state index contributed by atoms with van der Waals surface area (Å²) in [6.45, 7) is 4.14. The molecule has 0 bridgehead atoms. The van der Waals surface area contributed by atoms with Gasteiger partial charge in [-0.1, -0.05) is 36.4 Å². The fourth-order valence-corrected chi connectivity index (χ4v) is 4.39. The standard InChI is InChI=1S/C25H24N2O5S/c1-17(2)32-23(28)16-27-24(29)22(33-25(27)30)14-18-15-26(21-11-7-6-10-20(18)21)12-13-31-19-8-4-3-5-9-19/h3-11,14-15,17H,12-13,16H2,1-2H3/b22-14-. The van der Waals surface area contributed by atoms with Gasteiger partial charge in [0, 0.05) is 22.7 Å². The van der Waals surface area contributed by atoms with Crippen molar-refractivity contribution < 1.29 is 23.9 Å². The second-order valence-corrected chi connectivity index (χ2v) is 8.76. The summed E-state index contributed by atoms with van der Waals surface area (Å²) in [5.41, 5.74) is 1.82. The molecule has 0 saturated carbocycles. The van der Waals surface area contributed by atoms with Gasteiger partial charge in [0.15, 0.2) is 0 Å². The van der Waals surface area contributed by atoms with Gasteiger partial charge in [-0.25, -0.2) is 0 Å². The Labute approximate surface area is 196 Å². The van der Waals surface area contributed by atoms with Gasteiger partial charge in [-0.3, -0.25) is 19.3 Å². The van der Waals surface area contributed by atoms with Gasteiger partial charge in [-0.05, 0) is 49.9 Å². The summed E-state index contributed by atoms with van der Waals surface area (Å²) in [6, 6.07) is 17.5. The van der Waals surface area contributed by atoms with Crippen LogP contribution in [0.2, 0.25) is 0 Å². The number of thioether (sulfide) groups is 1. The van der Waals surface area contributed by atoms with Crippen LogP contribution < -0.4 is 4.74 Å². The summed E-state index contributed by atoms with van der Waals surface area (Å²) in [7, 11) is 0. The minimum atomic E-state index is -0.608. The number of amides is 2. The molecule has 1 aliphatic heterocycles. The molecule has 0 spiro atoms. The predicted molar refractivity (Wildman–Crippen MR) is 128 cm³/mol. The van der Waals surface area contributed by atoms with Crippen molar-refractivity contribution in [1.82, 2.24) is 9.47 Å². The van der Waals surface area contributed by atoms with Gasteiger partial charge in [-0.15, -0.1) is 0 Å². The first-order valence-corrected chi connectivity index (χ1v) is 11.4. The molecule has 0 N–H and O–H groups in total. The van der Waals surface area contributed by atoms with Crippen LogP contribution in [0.1, 0.15) is 19.4 Å². The zero-order valence-corrected chi connectivity index (χ0v) is 19.2. The molecule has 7 nitrogen and oxygen atoms in total. The minimum absolute atomic E-state index is 0.279. The highest BCUT2D eigenvalue weighted by atomic mass is 32.2. The molecule has 0 atom stereocenters. The van der Waals surface area contributed by atoms with Crippen molar-refractivity contribution in [3.63, 3.8) is 0 Å². The lowest BCUT2D eigenvalue weighted by Gasteiger charge is -2.13. The number of rotatable bonds is 8. The van der Waals surface area contributed by atoms with Crippen molar-refractivity contribution in [3.8, 4) is 5.75 Å². The molecule has 2 aromatic carbocycles. The maximum atomic E-state index is 12.8. The molecular weight excluding hydrogens is 440 g/mol. The smallest absolute Gasteiger partial charge is 0.326 e. The van der Waals surface area contributed by atoms with E-state index in [1.807, 2.05) is 60.8 Å². The third-order valence-electron chi connectivity index (χ3n) is 4.98. The van der Waals surface area contributed by atoms with Crippen molar-refractivity contribution in [2.75, 3.05) is 13.2 Å². The second-order valence-electron chi connectivity index (χ2n) is 7.76. The first-order chi connectivity index (χ1) is 15.9. The Bertz CT molecular complexity index is 1220. The van der Waals surface area contributed by atoms with E-state index in [9.17, 15) is 14.4 Å².